The Morgan fingerprint density at radius 1 is 1.33 bits per heavy atom. The first-order valence-corrected chi connectivity index (χ1v) is 7.92. The number of carbonyl (C=O) groups excluding carboxylic acids is 1. The highest BCUT2D eigenvalue weighted by molar-refractivity contribution is 7.89. The van der Waals surface area contributed by atoms with Crippen molar-refractivity contribution < 1.29 is 26.7 Å². The first-order valence-electron chi connectivity index (χ1n) is 6.27. The van der Waals surface area contributed by atoms with E-state index < -0.39 is 33.7 Å². The molecule has 5 nitrogen and oxygen atoms in total. The average molecular weight is 321 g/mol. The Hall–Kier alpha value is -1.54. The molecule has 21 heavy (non-hydrogen) atoms. The zero-order valence-electron chi connectivity index (χ0n) is 11.7. The van der Waals surface area contributed by atoms with E-state index in [1.165, 1.54) is 20.1 Å². The lowest BCUT2D eigenvalue weighted by Crippen LogP contribution is -2.29. The molecule has 1 aromatic rings. The van der Waals surface area contributed by atoms with Crippen molar-refractivity contribution in [3.63, 3.8) is 0 Å². The second-order valence-corrected chi connectivity index (χ2v) is 6.39. The molecule has 1 N–H and O–H groups in total. The van der Waals surface area contributed by atoms with Crippen LogP contribution in [0.1, 0.15) is 31.4 Å². The Bertz CT molecular complexity index is 604. The van der Waals surface area contributed by atoms with Gasteiger partial charge in [0.2, 0.25) is 10.0 Å². The fourth-order valence-corrected chi connectivity index (χ4v) is 3.00. The number of ether oxygens (including phenoxy) is 1. The molecular weight excluding hydrogens is 304 g/mol. The largest absolute Gasteiger partial charge is 0.469 e. The molecule has 0 aliphatic carbocycles. The van der Waals surface area contributed by atoms with Crippen LogP contribution in [0.2, 0.25) is 0 Å². The van der Waals surface area contributed by atoms with Gasteiger partial charge in [-0.3, -0.25) is 4.79 Å². The van der Waals surface area contributed by atoms with Gasteiger partial charge in [0.1, 0.15) is 0 Å². The van der Waals surface area contributed by atoms with Crippen molar-refractivity contribution >= 4 is 16.0 Å². The van der Waals surface area contributed by atoms with Gasteiger partial charge >= 0.3 is 5.97 Å². The Balaban J connectivity index is 2.61. The number of nitrogens with one attached hydrogen (secondary N) is 1. The smallest absolute Gasteiger partial charge is 0.305 e. The summed E-state index contributed by atoms with van der Waals surface area (Å²) in [6.45, 7) is 1.52. The molecule has 1 unspecified atom stereocenters. The second kappa shape index (κ2) is 7.46. The molecule has 118 valence electrons. The minimum absolute atomic E-state index is 0.00301. The Kier molecular flexibility index (Phi) is 6.22. The summed E-state index contributed by atoms with van der Waals surface area (Å²) in [5.41, 5.74) is 0.311. The lowest BCUT2D eigenvalue weighted by Gasteiger charge is -2.14. The predicted octanol–water partition coefficient (Wildman–Crippen LogP) is 1.90. The van der Waals surface area contributed by atoms with E-state index in [1.54, 1.807) is 0 Å². The summed E-state index contributed by atoms with van der Waals surface area (Å²) in [6, 6.07) is 2.48. The first-order chi connectivity index (χ1) is 9.75. The summed E-state index contributed by atoms with van der Waals surface area (Å²) in [4.78, 5) is 10.9. The summed E-state index contributed by atoms with van der Waals surface area (Å²) in [7, 11) is -2.41. The van der Waals surface area contributed by atoms with Gasteiger partial charge in [-0.25, -0.2) is 21.9 Å². The van der Waals surface area contributed by atoms with Crippen LogP contribution in [0, 0.1) is 11.6 Å². The van der Waals surface area contributed by atoms with Crippen LogP contribution in [0.5, 0.6) is 0 Å². The standard InChI is InChI=1S/C13H17F2NO4S/c1-9(10-5-6-11(14)12(15)8-10)16-21(18,19)7-3-4-13(17)20-2/h5-6,8-9,16H,3-4,7H2,1-2H3. The molecule has 0 saturated heterocycles. The number of hydrogen-bond donors (Lipinski definition) is 1. The van der Waals surface area contributed by atoms with Gasteiger partial charge in [0.05, 0.1) is 12.9 Å². The summed E-state index contributed by atoms with van der Waals surface area (Å²) in [6.07, 6.45) is 0.115. The molecule has 0 saturated carbocycles. The van der Waals surface area contributed by atoms with Crippen molar-refractivity contribution in [3.8, 4) is 0 Å². The maximum atomic E-state index is 13.1. The predicted molar refractivity (Wildman–Crippen MR) is 72.9 cm³/mol. The summed E-state index contributed by atoms with van der Waals surface area (Å²) in [5.74, 6) is -2.77. The molecule has 0 heterocycles. The highest BCUT2D eigenvalue weighted by atomic mass is 32.2. The van der Waals surface area contributed by atoms with Gasteiger partial charge in [0.15, 0.2) is 11.6 Å². The third kappa shape index (κ3) is 5.76. The van der Waals surface area contributed by atoms with Gasteiger partial charge in [0, 0.05) is 12.5 Å². The minimum Gasteiger partial charge on any atom is -0.469 e. The van der Waals surface area contributed by atoms with Crippen molar-refractivity contribution in [2.75, 3.05) is 12.9 Å². The monoisotopic (exact) mass is 321 g/mol. The van der Waals surface area contributed by atoms with Crippen molar-refractivity contribution in [2.45, 2.75) is 25.8 Å². The summed E-state index contributed by atoms with van der Waals surface area (Å²) in [5, 5.41) is 0. The zero-order chi connectivity index (χ0) is 16.0. The molecule has 0 radical (unpaired) electrons. The van der Waals surface area contributed by atoms with Gasteiger partial charge in [0.25, 0.3) is 0 Å². The topological polar surface area (TPSA) is 72.5 Å². The van der Waals surface area contributed by atoms with E-state index in [0.29, 0.717) is 5.56 Å². The Morgan fingerprint density at radius 2 is 2.00 bits per heavy atom. The van der Waals surface area contributed by atoms with E-state index in [2.05, 4.69) is 9.46 Å². The van der Waals surface area contributed by atoms with Crippen LogP contribution < -0.4 is 4.72 Å². The fourth-order valence-electron chi connectivity index (χ4n) is 1.69. The van der Waals surface area contributed by atoms with Gasteiger partial charge in [-0.05, 0) is 31.0 Å². The molecule has 0 aliphatic rings. The van der Waals surface area contributed by atoms with Gasteiger partial charge in [-0.1, -0.05) is 6.07 Å². The zero-order valence-corrected chi connectivity index (χ0v) is 12.5. The lowest BCUT2D eigenvalue weighted by molar-refractivity contribution is -0.140. The number of benzene rings is 1. The summed E-state index contributed by atoms with van der Waals surface area (Å²) >= 11 is 0. The molecule has 0 aliphatic heterocycles. The van der Waals surface area contributed by atoms with Crippen molar-refractivity contribution in [3.05, 3.63) is 35.4 Å². The first kappa shape index (κ1) is 17.5. The number of rotatable bonds is 7. The molecule has 8 heteroatoms. The lowest BCUT2D eigenvalue weighted by atomic mass is 10.1. The van der Waals surface area contributed by atoms with E-state index in [0.717, 1.165) is 12.1 Å². The molecule has 0 fully saturated rings. The molecular formula is C13H17F2NO4S. The van der Waals surface area contributed by atoms with E-state index in [1.807, 2.05) is 0 Å². The molecule has 0 bridgehead atoms. The maximum Gasteiger partial charge on any atom is 0.305 e. The van der Waals surface area contributed by atoms with Crippen LogP contribution in [-0.4, -0.2) is 27.2 Å². The Labute approximate surface area is 122 Å². The third-order valence-electron chi connectivity index (χ3n) is 2.82. The average Bonchev–Trinajstić information content (AvgIpc) is 2.40. The molecule has 0 amide bonds. The van der Waals surface area contributed by atoms with Crippen LogP contribution in [0.25, 0.3) is 0 Å². The van der Waals surface area contributed by atoms with Gasteiger partial charge < -0.3 is 4.74 Å². The number of hydrogen-bond acceptors (Lipinski definition) is 4. The molecule has 0 spiro atoms. The van der Waals surface area contributed by atoms with E-state index in [-0.39, 0.29) is 18.6 Å². The van der Waals surface area contributed by atoms with E-state index >= 15 is 0 Å². The molecule has 1 aromatic carbocycles. The molecule has 1 rings (SSSR count). The Morgan fingerprint density at radius 3 is 2.57 bits per heavy atom. The minimum atomic E-state index is -3.63. The van der Waals surface area contributed by atoms with Crippen molar-refractivity contribution in [1.29, 1.82) is 0 Å². The SMILES string of the molecule is COC(=O)CCCS(=O)(=O)NC(C)c1ccc(F)c(F)c1. The van der Waals surface area contributed by atoms with Crippen LogP contribution >= 0.6 is 0 Å². The number of halogens is 2. The van der Waals surface area contributed by atoms with Crippen LogP contribution in [0.4, 0.5) is 8.78 Å². The van der Waals surface area contributed by atoms with Crippen LogP contribution in [-0.2, 0) is 19.6 Å². The van der Waals surface area contributed by atoms with Crippen molar-refractivity contribution in [1.82, 2.24) is 4.72 Å². The number of esters is 1. The van der Waals surface area contributed by atoms with Gasteiger partial charge in [-0.2, -0.15) is 0 Å². The number of sulfonamides is 1. The maximum absolute atomic E-state index is 13.1. The number of carbonyl (C=O) groups is 1. The third-order valence-corrected chi connectivity index (χ3v) is 4.36. The van der Waals surface area contributed by atoms with Crippen LogP contribution in [0.3, 0.4) is 0 Å². The quantitative estimate of drug-likeness (QED) is 0.779. The highest BCUT2D eigenvalue weighted by Crippen LogP contribution is 2.17. The fraction of sp³-hybridized carbons (Fsp3) is 0.462. The summed E-state index contributed by atoms with van der Waals surface area (Å²) < 4.78 is 56.3. The number of methoxy groups -OCH3 is 1. The van der Waals surface area contributed by atoms with E-state index in [9.17, 15) is 22.0 Å². The van der Waals surface area contributed by atoms with Crippen molar-refractivity contribution in [2.24, 2.45) is 0 Å². The van der Waals surface area contributed by atoms with Gasteiger partial charge in [-0.15, -0.1) is 0 Å². The van der Waals surface area contributed by atoms with E-state index in [4.69, 9.17) is 0 Å². The normalized spacial score (nSPS) is 13.0. The molecule has 1 atom stereocenters. The highest BCUT2D eigenvalue weighted by Gasteiger charge is 2.17. The second-order valence-electron chi connectivity index (χ2n) is 4.51. The molecule has 0 aromatic heterocycles. The van der Waals surface area contributed by atoms with Crippen LogP contribution in [0.15, 0.2) is 18.2 Å².